The highest BCUT2D eigenvalue weighted by atomic mass is 35.5. The zero-order valence-electron chi connectivity index (χ0n) is 17.9. The van der Waals surface area contributed by atoms with Gasteiger partial charge in [0.05, 0.1) is 23.4 Å². The van der Waals surface area contributed by atoms with Gasteiger partial charge in [0.15, 0.2) is 11.5 Å². The third-order valence-corrected chi connectivity index (χ3v) is 5.22. The van der Waals surface area contributed by atoms with Gasteiger partial charge in [-0.25, -0.2) is 5.43 Å². The Kier molecular flexibility index (Phi) is 8.29. The number of hydrogen-bond donors (Lipinski definition) is 2. The smallest absolute Gasteiger partial charge is 0.329 e. The molecule has 0 bridgehead atoms. The summed E-state index contributed by atoms with van der Waals surface area (Å²) in [5.74, 6) is -0.860. The van der Waals surface area contributed by atoms with E-state index >= 15 is 0 Å². The summed E-state index contributed by atoms with van der Waals surface area (Å²) in [4.78, 5) is 24.1. The Hall–Kier alpha value is -3.55. The second kappa shape index (κ2) is 11.4. The van der Waals surface area contributed by atoms with E-state index in [-0.39, 0.29) is 6.61 Å². The minimum absolute atomic E-state index is 0.198. The van der Waals surface area contributed by atoms with Crippen molar-refractivity contribution in [1.29, 1.82) is 0 Å². The first-order valence-electron chi connectivity index (χ1n) is 9.82. The third kappa shape index (κ3) is 6.71. The van der Waals surface area contributed by atoms with E-state index in [0.29, 0.717) is 32.8 Å². The molecule has 0 saturated heterocycles. The molecule has 2 N–H and O–H groups in total. The molecule has 0 unspecified atom stereocenters. The lowest BCUT2D eigenvalue weighted by atomic mass is 10.2. The van der Waals surface area contributed by atoms with E-state index in [1.54, 1.807) is 48.5 Å². The molecule has 3 aromatic rings. The van der Waals surface area contributed by atoms with Crippen LogP contribution in [0.1, 0.15) is 16.7 Å². The van der Waals surface area contributed by atoms with Gasteiger partial charge in [0.25, 0.3) is 0 Å². The second-order valence-electron chi connectivity index (χ2n) is 6.94. The van der Waals surface area contributed by atoms with Gasteiger partial charge in [-0.05, 0) is 48.9 Å². The molecule has 0 atom stereocenters. The van der Waals surface area contributed by atoms with Crippen LogP contribution in [0.2, 0.25) is 10.0 Å². The minimum atomic E-state index is -0.909. The number of anilines is 1. The summed E-state index contributed by atoms with van der Waals surface area (Å²) in [7, 11) is 1.51. The number of ether oxygens (including phenoxy) is 2. The Bertz CT molecular complexity index is 1180. The van der Waals surface area contributed by atoms with Crippen LogP contribution in [0.25, 0.3) is 0 Å². The molecule has 0 fully saturated rings. The lowest BCUT2D eigenvalue weighted by Crippen LogP contribution is -2.32. The molecule has 9 heteroatoms. The number of halogens is 2. The molecule has 2 amide bonds. The number of aryl methyl sites for hydroxylation is 1. The molecular weight excluding hydrogens is 465 g/mol. The maximum Gasteiger partial charge on any atom is 0.329 e. The van der Waals surface area contributed by atoms with E-state index in [1.165, 1.54) is 13.3 Å². The molecule has 33 heavy (non-hydrogen) atoms. The molecule has 0 aliphatic heterocycles. The number of carbonyl (C=O) groups excluding carboxylic acids is 2. The maximum atomic E-state index is 12.1. The summed E-state index contributed by atoms with van der Waals surface area (Å²) in [5, 5.41) is 7.25. The Morgan fingerprint density at radius 1 is 1.00 bits per heavy atom. The van der Waals surface area contributed by atoms with Gasteiger partial charge in [0.1, 0.15) is 6.61 Å². The van der Waals surface area contributed by atoms with Gasteiger partial charge in [-0.2, -0.15) is 5.10 Å². The molecular formula is C24H21Cl2N3O4. The fraction of sp³-hybridized carbons (Fsp3) is 0.125. The first kappa shape index (κ1) is 24.1. The summed E-state index contributed by atoms with van der Waals surface area (Å²) in [6.45, 7) is 2.12. The molecule has 0 saturated carbocycles. The molecule has 0 heterocycles. The fourth-order valence-corrected chi connectivity index (χ4v) is 3.09. The van der Waals surface area contributed by atoms with Crippen LogP contribution in [-0.4, -0.2) is 25.1 Å². The quantitative estimate of drug-likeness (QED) is 0.280. The number of nitrogens with zero attached hydrogens (tertiary/aromatic N) is 1. The van der Waals surface area contributed by atoms with Crippen LogP contribution in [0.3, 0.4) is 0 Å². The van der Waals surface area contributed by atoms with Crippen molar-refractivity contribution in [3.63, 3.8) is 0 Å². The number of nitrogens with one attached hydrogen (secondary N) is 2. The van der Waals surface area contributed by atoms with E-state index in [2.05, 4.69) is 15.8 Å². The average molecular weight is 486 g/mol. The van der Waals surface area contributed by atoms with Crippen molar-refractivity contribution in [1.82, 2.24) is 5.43 Å². The van der Waals surface area contributed by atoms with Gasteiger partial charge in [0.2, 0.25) is 0 Å². The van der Waals surface area contributed by atoms with E-state index in [0.717, 1.165) is 11.1 Å². The Morgan fingerprint density at radius 2 is 1.76 bits per heavy atom. The zero-order chi connectivity index (χ0) is 23.8. The normalized spacial score (nSPS) is 10.7. The molecule has 0 radical (unpaired) electrons. The van der Waals surface area contributed by atoms with Gasteiger partial charge >= 0.3 is 11.8 Å². The average Bonchev–Trinajstić information content (AvgIpc) is 2.81. The van der Waals surface area contributed by atoms with Crippen molar-refractivity contribution in [3.05, 3.63) is 87.4 Å². The Morgan fingerprint density at radius 3 is 2.45 bits per heavy atom. The largest absolute Gasteiger partial charge is 0.493 e. The molecule has 0 spiro atoms. The zero-order valence-corrected chi connectivity index (χ0v) is 19.4. The van der Waals surface area contributed by atoms with Crippen LogP contribution in [-0.2, 0) is 16.2 Å². The minimum Gasteiger partial charge on any atom is -0.493 e. The monoisotopic (exact) mass is 485 g/mol. The number of methoxy groups -OCH3 is 1. The van der Waals surface area contributed by atoms with Gasteiger partial charge in [-0.3, -0.25) is 9.59 Å². The highest BCUT2D eigenvalue weighted by molar-refractivity contribution is 6.42. The standard InChI is InChI=1S/C24H21Cl2N3O4/c1-15-6-9-18(10-7-15)28-23(30)24(31)29-27-13-17-4-3-5-21(32-2)22(17)33-14-16-8-11-19(25)20(26)12-16/h3-13H,14H2,1-2H3,(H,28,30)(H,29,31)/b27-13-. The van der Waals surface area contributed by atoms with E-state index in [1.807, 2.05) is 19.1 Å². The van der Waals surface area contributed by atoms with Crippen LogP contribution in [0.15, 0.2) is 65.8 Å². The first-order chi connectivity index (χ1) is 15.9. The maximum absolute atomic E-state index is 12.1. The third-order valence-electron chi connectivity index (χ3n) is 4.48. The topological polar surface area (TPSA) is 89.0 Å². The van der Waals surface area contributed by atoms with Gasteiger partial charge in [-0.1, -0.05) is 53.0 Å². The Balaban J connectivity index is 1.66. The lowest BCUT2D eigenvalue weighted by Gasteiger charge is -2.13. The molecule has 7 nitrogen and oxygen atoms in total. The lowest BCUT2D eigenvalue weighted by molar-refractivity contribution is -0.136. The van der Waals surface area contributed by atoms with E-state index in [4.69, 9.17) is 32.7 Å². The molecule has 170 valence electrons. The highest BCUT2D eigenvalue weighted by Crippen LogP contribution is 2.31. The van der Waals surface area contributed by atoms with Crippen LogP contribution < -0.4 is 20.2 Å². The number of hydrazone groups is 1. The van der Waals surface area contributed by atoms with Crippen LogP contribution in [0.5, 0.6) is 11.5 Å². The Labute approximate surface area is 201 Å². The summed E-state index contributed by atoms with van der Waals surface area (Å²) in [6.07, 6.45) is 1.36. The predicted molar refractivity (Wildman–Crippen MR) is 129 cm³/mol. The summed E-state index contributed by atoms with van der Waals surface area (Å²) in [5.41, 5.74) is 5.09. The second-order valence-corrected chi connectivity index (χ2v) is 7.75. The van der Waals surface area contributed by atoms with Crippen LogP contribution in [0.4, 0.5) is 5.69 Å². The van der Waals surface area contributed by atoms with Crippen molar-refractivity contribution in [2.45, 2.75) is 13.5 Å². The molecule has 0 aliphatic carbocycles. The highest BCUT2D eigenvalue weighted by Gasteiger charge is 2.14. The van der Waals surface area contributed by atoms with Crippen molar-refractivity contribution < 1.29 is 19.1 Å². The number of para-hydroxylation sites is 1. The van der Waals surface area contributed by atoms with Crippen LogP contribution >= 0.6 is 23.2 Å². The van der Waals surface area contributed by atoms with Crippen molar-refractivity contribution in [2.24, 2.45) is 5.10 Å². The van der Waals surface area contributed by atoms with Gasteiger partial charge < -0.3 is 14.8 Å². The number of amides is 2. The summed E-state index contributed by atoms with van der Waals surface area (Å²) >= 11 is 12.0. The van der Waals surface area contributed by atoms with Crippen molar-refractivity contribution in [2.75, 3.05) is 12.4 Å². The fourth-order valence-electron chi connectivity index (χ4n) is 2.77. The number of rotatable bonds is 7. The SMILES string of the molecule is COc1cccc(/C=N\NC(=O)C(=O)Nc2ccc(C)cc2)c1OCc1ccc(Cl)c(Cl)c1. The summed E-state index contributed by atoms with van der Waals surface area (Å²) < 4.78 is 11.3. The number of benzene rings is 3. The molecule has 0 aromatic heterocycles. The molecule has 3 rings (SSSR count). The first-order valence-corrected chi connectivity index (χ1v) is 10.6. The van der Waals surface area contributed by atoms with Crippen LogP contribution in [0, 0.1) is 6.92 Å². The number of carbonyl (C=O) groups is 2. The van der Waals surface area contributed by atoms with Gasteiger partial charge in [-0.15, -0.1) is 0 Å². The molecule has 0 aliphatic rings. The van der Waals surface area contributed by atoms with Crippen molar-refractivity contribution >= 4 is 46.9 Å². The van der Waals surface area contributed by atoms with Gasteiger partial charge in [0, 0.05) is 11.3 Å². The van der Waals surface area contributed by atoms with E-state index in [9.17, 15) is 9.59 Å². The van der Waals surface area contributed by atoms with Crippen molar-refractivity contribution in [3.8, 4) is 11.5 Å². The summed E-state index contributed by atoms with van der Waals surface area (Å²) in [6, 6.07) is 17.5. The predicted octanol–water partition coefficient (Wildman–Crippen LogP) is 4.98. The number of hydrogen-bond acceptors (Lipinski definition) is 5. The van der Waals surface area contributed by atoms with E-state index < -0.39 is 11.8 Å². The molecule has 3 aromatic carbocycles.